The molecule has 2 amide bonds. The zero-order valence-corrected chi connectivity index (χ0v) is 14.8. The maximum atomic E-state index is 13.9. The third-order valence-corrected chi connectivity index (χ3v) is 5.45. The van der Waals surface area contributed by atoms with Crippen molar-refractivity contribution in [1.82, 2.24) is 9.80 Å². The second kappa shape index (κ2) is 7.19. The maximum Gasteiger partial charge on any atom is 0.234 e. The van der Waals surface area contributed by atoms with Crippen LogP contribution in [0, 0.1) is 23.5 Å². The van der Waals surface area contributed by atoms with E-state index in [0.717, 1.165) is 11.6 Å². The molecular weight excluding hydrogens is 350 g/mol. The van der Waals surface area contributed by atoms with Crippen LogP contribution in [0.25, 0.3) is 0 Å². The fourth-order valence-electron chi connectivity index (χ4n) is 4.04. The molecule has 2 aromatic carbocycles. The van der Waals surface area contributed by atoms with Crippen molar-refractivity contribution in [3.8, 4) is 0 Å². The van der Waals surface area contributed by atoms with Crippen molar-refractivity contribution in [2.45, 2.75) is 13.0 Å². The Morgan fingerprint density at radius 1 is 0.889 bits per heavy atom. The number of hydrogen-bond donors (Lipinski definition) is 0. The number of hydrogen-bond acceptors (Lipinski definition) is 3. The van der Waals surface area contributed by atoms with E-state index >= 15 is 0 Å². The minimum atomic E-state index is -0.883. The van der Waals surface area contributed by atoms with Gasteiger partial charge in [0.2, 0.25) is 11.8 Å². The zero-order valence-electron chi connectivity index (χ0n) is 14.8. The van der Waals surface area contributed by atoms with Gasteiger partial charge in [0.15, 0.2) is 11.6 Å². The maximum absolute atomic E-state index is 13.9. The number of benzene rings is 2. The smallest absolute Gasteiger partial charge is 0.234 e. The Morgan fingerprint density at radius 3 is 2.22 bits per heavy atom. The average Bonchev–Trinajstić information content (AvgIpc) is 3.18. The molecule has 2 atom stereocenters. The summed E-state index contributed by atoms with van der Waals surface area (Å²) in [5.74, 6) is -2.82. The van der Waals surface area contributed by atoms with Crippen LogP contribution in [0.4, 0.5) is 8.78 Å². The molecule has 0 aliphatic carbocycles. The lowest BCUT2D eigenvalue weighted by molar-refractivity contribution is -0.140. The van der Waals surface area contributed by atoms with Crippen LogP contribution < -0.4 is 0 Å². The minimum absolute atomic E-state index is 0.150. The minimum Gasteiger partial charge on any atom is -0.297 e. The number of nitrogens with zero attached hydrogens (tertiary/aromatic N) is 2. The van der Waals surface area contributed by atoms with E-state index in [9.17, 15) is 18.4 Å². The molecule has 0 saturated carbocycles. The summed E-state index contributed by atoms with van der Waals surface area (Å²) in [6.07, 6.45) is 0.635. The highest BCUT2D eigenvalue weighted by Crippen LogP contribution is 2.34. The second-order valence-electron chi connectivity index (χ2n) is 7.18. The van der Waals surface area contributed by atoms with E-state index in [-0.39, 0.29) is 35.8 Å². The molecule has 0 N–H and O–H groups in total. The first-order valence-electron chi connectivity index (χ1n) is 9.09. The summed E-state index contributed by atoms with van der Waals surface area (Å²) in [5, 5.41) is 0. The summed E-state index contributed by atoms with van der Waals surface area (Å²) < 4.78 is 27.3. The number of rotatable bonds is 5. The normalized spacial score (nSPS) is 22.5. The van der Waals surface area contributed by atoms with Gasteiger partial charge in [0, 0.05) is 31.7 Å². The van der Waals surface area contributed by atoms with Gasteiger partial charge in [-0.15, -0.1) is 0 Å². The van der Waals surface area contributed by atoms with E-state index in [1.54, 1.807) is 0 Å². The second-order valence-corrected chi connectivity index (χ2v) is 7.18. The van der Waals surface area contributed by atoms with Crippen molar-refractivity contribution in [3.63, 3.8) is 0 Å². The van der Waals surface area contributed by atoms with Gasteiger partial charge in [0.25, 0.3) is 0 Å². The molecule has 2 aromatic rings. The molecule has 2 aliphatic heterocycles. The van der Waals surface area contributed by atoms with E-state index < -0.39 is 11.6 Å². The molecule has 2 fully saturated rings. The van der Waals surface area contributed by atoms with E-state index in [1.165, 1.54) is 17.0 Å². The van der Waals surface area contributed by atoms with Crippen LogP contribution >= 0.6 is 0 Å². The molecule has 0 radical (unpaired) electrons. The van der Waals surface area contributed by atoms with Crippen molar-refractivity contribution in [2.75, 3.05) is 19.6 Å². The largest absolute Gasteiger partial charge is 0.297 e. The third-order valence-electron chi connectivity index (χ3n) is 5.45. The van der Waals surface area contributed by atoms with Crippen LogP contribution in [-0.2, 0) is 22.6 Å². The number of fused-ring (bicyclic) bond motifs is 1. The predicted octanol–water partition coefficient (Wildman–Crippen LogP) is 2.62. The number of likely N-dealkylation sites (tertiary alicyclic amines) is 2. The molecular formula is C21H20F2N2O2. The first kappa shape index (κ1) is 17.8. The molecule has 2 heterocycles. The fraction of sp³-hybridized carbons (Fsp3) is 0.333. The van der Waals surface area contributed by atoms with Crippen LogP contribution in [-0.4, -0.2) is 41.2 Å². The molecule has 2 saturated heterocycles. The summed E-state index contributed by atoms with van der Waals surface area (Å²) >= 11 is 0. The Labute approximate surface area is 156 Å². The van der Waals surface area contributed by atoms with E-state index in [1.807, 2.05) is 35.2 Å². The van der Waals surface area contributed by atoms with Gasteiger partial charge in [0.05, 0.1) is 11.8 Å². The van der Waals surface area contributed by atoms with E-state index in [2.05, 4.69) is 0 Å². The summed E-state index contributed by atoms with van der Waals surface area (Å²) in [7, 11) is 0. The fourth-order valence-corrected chi connectivity index (χ4v) is 4.04. The lowest BCUT2D eigenvalue weighted by Gasteiger charge is -2.21. The van der Waals surface area contributed by atoms with E-state index in [4.69, 9.17) is 0 Å². The highest BCUT2D eigenvalue weighted by molar-refractivity contribution is 6.05. The lowest BCUT2D eigenvalue weighted by Crippen LogP contribution is -2.37. The molecule has 0 spiro atoms. The number of halogens is 2. The van der Waals surface area contributed by atoms with Crippen molar-refractivity contribution in [2.24, 2.45) is 11.8 Å². The monoisotopic (exact) mass is 370 g/mol. The number of carbonyl (C=O) groups excluding carboxylic acids is 2. The van der Waals surface area contributed by atoms with Gasteiger partial charge < -0.3 is 0 Å². The summed E-state index contributed by atoms with van der Waals surface area (Å²) in [4.78, 5) is 28.6. The van der Waals surface area contributed by atoms with Crippen molar-refractivity contribution in [1.29, 1.82) is 0 Å². The van der Waals surface area contributed by atoms with E-state index in [0.29, 0.717) is 26.1 Å². The number of carbonyl (C=O) groups is 2. The van der Waals surface area contributed by atoms with Crippen LogP contribution in [0.1, 0.15) is 11.1 Å². The Balaban J connectivity index is 1.40. The average molecular weight is 370 g/mol. The van der Waals surface area contributed by atoms with Crippen LogP contribution in [0.3, 0.4) is 0 Å². The van der Waals surface area contributed by atoms with Crippen molar-refractivity contribution >= 4 is 11.8 Å². The summed E-state index contributed by atoms with van der Waals surface area (Å²) in [5.41, 5.74) is 1.33. The highest BCUT2D eigenvalue weighted by Gasteiger charge is 2.51. The van der Waals surface area contributed by atoms with Gasteiger partial charge in [-0.25, -0.2) is 8.78 Å². The highest BCUT2D eigenvalue weighted by atomic mass is 19.2. The molecule has 0 aromatic heterocycles. The SMILES string of the molecule is O=C1[C@H]2CN(Cc3cccc(F)c3F)C[C@H]2C(=O)N1CCc1ccccc1. The van der Waals surface area contributed by atoms with Gasteiger partial charge in [0.1, 0.15) is 0 Å². The quantitative estimate of drug-likeness (QED) is 0.760. The molecule has 6 heteroatoms. The molecule has 2 aliphatic rings. The van der Waals surface area contributed by atoms with Crippen LogP contribution in [0.2, 0.25) is 0 Å². The topological polar surface area (TPSA) is 40.6 Å². The molecule has 4 rings (SSSR count). The number of amides is 2. The Kier molecular flexibility index (Phi) is 4.74. The molecule has 27 heavy (non-hydrogen) atoms. The summed E-state index contributed by atoms with van der Waals surface area (Å²) in [6.45, 7) is 1.37. The van der Waals surface area contributed by atoms with Gasteiger partial charge in [-0.2, -0.15) is 0 Å². The van der Waals surface area contributed by atoms with Gasteiger partial charge in [-0.05, 0) is 18.1 Å². The Morgan fingerprint density at radius 2 is 1.56 bits per heavy atom. The first-order chi connectivity index (χ1) is 13.0. The van der Waals surface area contributed by atoms with Crippen molar-refractivity contribution < 1.29 is 18.4 Å². The lowest BCUT2D eigenvalue weighted by atomic mass is 10.00. The molecule has 4 nitrogen and oxygen atoms in total. The Bertz CT molecular complexity index is 848. The first-order valence-corrected chi connectivity index (χ1v) is 9.09. The Hall–Kier alpha value is -2.60. The van der Waals surface area contributed by atoms with Crippen molar-refractivity contribution in [3.05, 3.63) is 71.3 Å². The van der Waals surface area contributed by atoms with Crippen LogP contribution in [0.5, 0.6) is 0 Å². The molecule has 140 valence electrons. The van der Waals surface area contributed by atoms with Gasteiger partial charge in [-0.3, -0.25) is 19.4 Å². The standard InChI is InChI=1S/C21H20F2N2O2/c22-18-8-4-7-15(19(18)23)11-24-12-16-17(13-24)21(27)25(20(16)26)10-9-14-5-2-1-3-6-14/h1-8,16-17H,9-13H2/t16-,17+. The van der Waals surface area contributed by atoms with Gasteiger partial charge in [-0.1, -0.05) is 42.5 Å². The third kappa shape index (κ3) is 3.37. The zero-order chi connectivity index (χ0) is 19.0. The predicted molar refractivity (Wildman–Crippen MR) is 95.5 cm³/mol. The van der Waals surface area contributed by atoms with Gasteiger partial charge >= 0.3 is 0 Å². The van der Waals surface area contributed by atoms with Crippen LogP contribution in [0.15, 0.2) is 48.5 Å². The summed E-state index contributed by atoms with van der Waals surface area (Å²) in [6, 6.07) is 13.8. The molecule has 0 unspecified atom stereocenters. The number of imide groups is 1. The molecule has 0 bridgehead atoms.